The summed E-state index contributed by atoms with van der Waals surface area (Å²) in [6, 6.07) is 8.04. The Labute approximate surface area is 90.9 Å². The zero-order valence-corrected chi connectivity index (χ0v) is 9.15. The van der Waals surface area contributed by atoms with Crippen LogP contribution in [0.1, 0.15) is 18.4 Å². The Balaban J connectivity index is 2.48. The van der Waals surface area contributed by atoms with E-state index >= 15 is 0 Å². The van der Waals surface area contributed by atoms with Gasteiger partial charge in [0.1, 0.15) is 5.75 Å². The van der Waals surface area contributed by atoms with Crippen molar-refractivity contribution < 1.29 is 9.84 Å². The summed E-state index contributed by atoms with van der Waals surface area (Å²) in [4.78, 5) is 0. The van der Waals surface area contributed by atoms with Gasteiger partial charge in [0, 0.05) is 12.6 Å². The van der Waals surface area contributed by atoms with Crippen LogP contribution < -0.4 is 10.5 Å². The molecule has 3 nitrogen and oxygen atoms in total. The van der Waals surface area contributed by atoms with E-state index in [-0.39, 0.29) is 12.6 Å². The van der Waals surface area contributed by atoms with Crippen LogP contribution in [0.2, 0.25) is 0 Å². The second-order valence-electron chi connectivity index (χ2n) is 3.68. The van der Waals surface area contributed by atoms with E-state index in [1.165, 1.54) is 5.56 Å². The topological polar surface area (TPSA) is 55.5 Å². The van der Waals surface area contributed by atoms with Gasteiger partial charge in [-0.1, -0.05) is 12.1 Å². The number of ether oxygens (including phenoxy) is 1. The number of aliphatic hydroxyl groups is 1. The van der Waals surface area contributed by atoms with E-state index < -0.39 is 0 Å². The zero-order chi connectivity index (χ0) is 11.1. The molecule has 84 valence electrons. The minimum absolute atomic E-state index is 0.115. The zero-order valence-electron chi connectivity index (χ0n) is 9.15. The Kier molecular flexibility index (Phi) is 5.15. The lowest BCUT2D eigenvalue weighted by molar-refractivity contribution is 0.279. The molecule has 0 radical (unpaired) electrons. The number of hydrogen-bond acceptors (Lipinski definition) is 3. The minimum atomic E-state index is 0.115. The summed E-state index contributed by atoms with van der Waals surface area (Å²) in [6.45, 7) is 0.214. The van der Waals surface area contributed by atoms with Crippen molar-refractivity contribution in [3.63, 3.8) is 0 Å². The predicted molar refractivity (Wildman–Crippen MR) is 61.0 cm³/mol. The molecule has 1 atom stereocenters. The second-order valence-corrected chi connectivity index (χ2v) is 3.68. The average molecular weight is 209 g/mol. The molecule has 0 heterocycles. The molecule has 1 unspecified atom stereocenters. The van der Waals surface area contributed by atoms with Crippen molar-refractivity contribution >= 4 is 0 Å². The van der Waals surface area contributed by atoms with E-state index in [1.54, 1.807) is 7.11 Å². The van der Waals surface area contributed by atoms with Crippen LogP contribution in [0.3, 0.4) is 0 Å². The van der Waals surface area contributed by atoms with E-state index in [0.29, 0.717) is 0 Å². The number of hydrogen-bond donors (Lipinski definition) is 2. The highest BCUT2D eigenvalue weighted by Gasteiger charge is 2.04. The first-order chi connectivity index (χ1) is 7.26. The monoisotopic (exact) mass is 209 g/mol. The first-order valence-corrected chi connectivity index (χ1v) is 5.25. The Morgan fingerprint density at radius 3 is 2.93 bits per heavy atom. The third-order valence-corrected chi connectivity index (χ3v) is 2.37. The maximum absolute atomic E-state index is 8.69. The summed E-state index contributed by atoms with van der Waals surface area (Å²) in [5.41, 5.74) is 7.11. The van der Waals surface area contributed by atoms with Gasteiger partial charge in [0.05, 0.1) is 7.11 Å². The molecule has 0 amide bonds. The largest absolute Gasteiger partial charge is 0.497 e. The molecule has 1 aromatic rings. The van der Waals surface area contributed by atoms with E-state index in [9.17, 15) is 0 Å². The smallest absolute Gasteiger partial charge is 0.119 e. The molecule has 1 rings (SSSR count). The van der Waals surface area contributed by atoms with Gasteiger partial charge in [0.2, 0.25) is 0 Å². The van der Waals surface area contributed by atoms with Crippen LogP contribution in [0.15, 0.2) is 24.3 Å². The van der Waals surface area contributed by atoms with Crippen molar-refractivity contribution in [1.29, 1.82) is 0 Å². The molecule has 0 aliphatic heterocycles. The molecule has 15 heavy (non-hydrogen) atoms. The van der Waals surface area contributed by atoms with Crippen LogP contribution in [-0.4, -0.2) is 24.9 Å². The van der Waals surface area contributed by atoms with Crippen molar-refractivity contribution in [2.24, 2.45) is 5.73 Å². The van der Waals surface area contributed by atoms with Crippen LogP contribution in [0.5, 0.6) is 5.75 Å². The standard InChI is InChI=1S/C12H19NO2/c1-15-12-6-2-4-10(9-12)8-11(13)5-3-7-14/h2,4,6,9,11,14H,3,5,7-8,13H2,1H3. The maximum atomic E-state index is 8.69. The number of nitrogens with two attached hydrogens (primary N) is 1. The predicted octanol–water partition coefficient (Wildman–Crippen LogP) is 1.34. The molecule has 0 aliphatic rings. The van der Waals surface area contributed by atoms with Crippen molar-refractivity contribution in [1.82, 2.24) is 0 Å². The average Bonchev–Trinajstić information content (AvgIpc) is 2.26. The molecule has 3 heteroatoms. The summed E-state index contributed by atoms with van der Waals surface area (Å²) >= 11 is 0. The fraction of sp³-hybridized carbons (Fsp3) is 0.500. The Hall–Kier alpha value is -1.06. The van der Waals surface area contributed by atoms with Gasteiger partial charge in [-0.05, 0) is 37.0 Å². The van der Waals surface area contributed by atoms with Crippen molar-refractivity contribution in [3.8, 4) is 5.75 Å². The summed E-state index contributed by atoms with van der Waals surface area (Å²) < 4.78 is 5.14. The lowest BCUT2D eigenvalue weighted by Crippen LogP contribution is -2.23. The van der Waals surface area contributed by atoms with Crippen molar-refractivity contribution in [3.05, 3.63) is 29.8 Å². The van der Waals surface area contributed by atoms with Gasteiger partial charge in [0.15, 0.2) is 0 Å². The molecule has 0 aliphatic carbocycles. The quantitative estimate of drug-likeness (QED) is 0.743. The number of benzene rings is 1. The third kappa shape index (κ3) is 4.32. The second kappa shape index (κ2) is 6.43. The van der Waals surface area contributed by atoms with Gasteiger partial charge in [0.25, 0.3) is 0 Å². The highest BCUT2D eigenvalue weighted by Crippen LogP contribution is 2.14. The Bertz CT molecular complexity index is 289. The van der Waals surface area contributed by atoms with Gasteiger partial charge in [-0.25, -0.2) is 0 Å². The van der Waals surface area contributed by atoms with Crippen molar-refractivity contribution in [2.45, 2.75) is 25.3 Å². The van der Waals surface area contributed by atoms with Gasteiger partial charge in [-0.2, -0.15) is 0 Å². The number of aliphatic hydroxyl groups excluding tert-OH is 1. The highest BCUT2D eigenvalue weighted by atomic mass is 16.5. The first-order valence-electron chi connectivity index (χ1n) is 5.25. The SMILES string of the molecule is COc1cccc(CC(N)CCCO)c1. The number of methoxy groups -OCH3 is 1. The molecule has 0 saturated heterocycles. The summed E-state index contributed by atoms with van der Waals surface area (Å²) in [5.74, 6) is 0.863. The molecular formula is C12H19NO2. The lowest BCUT2D eigenvalue weighted by atomic mass is 10.0. The van der Waals surface area contributed by atoms with Gasteiger partial charge in [-0.15, -0.1) is 0 Å². The van der Waals surface area contributed by atoms with E-state index in [0.717, 1.165) is 25.0 Å². The fourth-order valence-electron chi connectivity index (χ4n) is 1.56. The van der Waals surface area contributed by atoms with Gasteiger partial charge >= 0.3 is 0 Å². The molecule has 0 spiro atoms. The summed E-state index contributed by atoms with van der Waals surface area (Å²) in [5, 5.41) is 8.69. The highest BCUT2D eigenvalue weighted by molar-refractivity contribution is 5.28. The summed E-state index contributed by atoms with van der Waals surface area (Å²) in [6.07, 6.45) is 2.45. The van der Waals surface area contributed by atoms with Crippen LogP contribution in [0, 0.1) is 0 Å². The van der Waals surface area contributed by atoms with Crippen LogP contribution in [0.4, 0.5) is 0 Å². The Morgan fingerprint density at radius 2 is 2.27 bits per heavy atom. The fourth-order valence-corrected chi connectivity index (χ4v) is 1.56. The normalized spacial score (nSPS) is 12.5. The molecule has 0 saturated carbocycles. The van der Waals surface area contributed by atoms with Gasteiger partial charge in [-0.3, -0.25) is 0 Å². The van der Waals surface area contributed by atoms with Crippen LogP contribution in [0.25, 0.3) is 0 Å². The maximum Gasteiger partial charge on any atom is 0.119 e. The van der Waals surface area contributed by atoms with Crippen molar-refractivity contribution in [2.75, 3.05) is 13.7 Å². The number of rotatable bonds is 6. The Morgan fingerprint density at radius 1 is 1.47 bits per heavy atom. The molecule has 0 bridgehead atoms. The molecule has 1 aromatic carbocycles. The molecular weight excluding hydrogens is 190 g/mol. The van der Waals surface area contributed by atoms with Gasteiger partial charge < -0.3 is 15.6 Å². The first kappa shape index (κ1) is 12.0. The molecule has 0 fully saturated rings. The van der Waals surface area contributed by atoms with E-state index in [2.05, 4.69) is 0 Å². The lowest BCUT2D eigenvalue weighted by Gasteiger charge is -2.11. The van der Waals surface area contributed by atoms with Crippen LogP contribution in [-0.2, 0) is 6.42 Å². The molecule has 3 N–H and O–H groups in total. The van der Waals surface area contributed by atoms with Crippen LogP contribution >= 0.6 is 0 Å². The van der Waals surface area contributed by atoms with E-state index in [1.807, 2.05) is 24.3 Å². The minimum Gasteiger partial charge on any atom is -0.497 e. The molecule has 0 aromatic heterocycles. The summed E-state index contributed by atoms with van der Waals surface area (Å²) in [7, 11) is 1.66. The third-order valence-electron chi connectivity index (χ3n) is 2.37. The van der Waals surface area contributed by atoms with E-state index in [4.69, 9.17) is 15.6 Å².